The number of guanidine groups is 1. The molecule has 1 aliphatic rings. The topological polar surface area (TPSA) is 48.9 Å². The summed E-state index contributed by atoms with van der Waals surface area (Å²) in [5.74, 6) is 0.749. The molecule has 1 aromatic carbocycles. The first-order chi connectivity index (χ1) is 12.5. The number of rotatable bonds is 7. The summed E-state index contributed by atoms with van der Waals surface area (Å²) < 4.78 is 19.6. The van der Waals surface area contributed by atoms with Crippen LogP contribution < -0.4 is 15.4 Å². The molecular weight excluding hydrogens is 331 g/mol. The van der Waals surface area contributed by atoms with Crippen LogP contribution >= 0.6 is 0 Å². The Kier molecular flexibility index (Phi) is 8.16. The van der Waals surface area contributed by atoms with Crippen LogP contribution in [0.2, 0.25) is 0 Å². The monoisotopic (exact) mass is 364 g/mol. The van der Waals surface area contributed by atoms with E-state index in [0.717, 1.165) is 38.3 Å². The van der Waals surface area contributed by atoms with Gasteiger partial charge >= 0.3 is 0 Å². The molecule has 2 N–H and O–H groups in total. The highest BCUT2D eigenvalue weighted by molar-refractivity contribution is 5.80. The highest BCUT2D eigenvalue weighted by atomic mass is 19.1. The van der Waals surface area contributed by atoms with Crippen molar-refractivity contribution in [1.29, 1.82) is 0 Å². The lowest BCUT2D eigenvalue weighted by molar-refractivity contribution is 0.166. The first-order valence-corrected chi connectivity index (χ1v) is 9.65. The van der Waals surface area contributed by atoms with Crippen molar-refractivity contribution in [3.8, 4) is 5.75 Å². The van der Waals surface area contributed by atoms with E-state index >= 15 is 0 Å². The van der Waals surface area contributed by atoms with Gasteiger partial charge in [0, 0.05) is 32.2 Å². The molecule has 0 aliphatic carbocycles. The van der Waals surface area contributed by atoms with Crippen molar-refractivity contribution in [3.63, 3.8) is 0 Å². The average Bonchev–Trinajstić information content (AvgIpc) is 2.65. The molecule has 0 saturated carbocycles. The van der Waals surface area contributed by atoms with Gasteiger partial charge in [-0.1, -0.05) is 19.1 Å². The second-order valence-corrected chi connectivity index (χ2v) is 7.08. The maximum absolute atomic E-state index is 13.8. The maximum atomic E-state index is 13.8. The second-order valence-electron chi connectivity index (χ2n) is 7.08. The third kappa shape index (κ3) is 6.16. The van der Waals surface area contributed by atoms with Crippen LogP contribution in [-0.2, 0) is 0 Å². The summed E-state index contributed by atoms with van der Waals surface area (Å²) in [6.45, 7) is 9.32. The van der Waals surface area contributed by atoms with E-state index in [2.05, 4.69) is 34.4 Å². The third-order valence-corrected chi connectivity index (χ3v) is 4.91. The van der Waals surface area contributed by atoms with Gasteiger partial charge in [0.05, 0.1) is 6.54 Å². The molecule has 146 valence electrons. The number of piperidine rings is 1. The van der Waals surface area contributed by atoms with E-state index in [0.29, 0.717) is 24.4 Å². The van der Waals surface area contributed by atoms with Crippen LogP contribution in [0.25, 0.3) is 0 Å². The number of aliphatic imine (C=N–C) groups is 1. The first-order valence-electron chi connectivity index (χ1n) is 9.65. The predicted molar refractivity (Wildman–Crippen MR) is 105 cm³/mol. The molecule has 1 unspecified atom stereocenters. The van der Waals surface area contributed by atoms with Crippen LogP contribution in [0.4, 0.5) is 4.39 Å². The van der Waals surface area contributed by atoms with Gasteiger partial charge in [-0.2, -0.15) is 0 Å². The molecule has 26 heavy (non-hydrogen) atoms. The number of benzene rings is 1. The second kappa shape index (κ2) is 10.4. The SMILES string of the molecule is CCC(CNC(=NC)NC1CCN(C(C)C)CC1)Oc1ccccc1F. The zero-order valence-electron chi connectivity index (χ0n) is 16.5. The Morgan fingerprint density at radius 1 is 1.31 bits per heavy atom. The Bertz CT molecular complexity index is 571. The highest BCUT2D eigenvalue weighted by Crippen LogP contribution is 2.18. The Hall–Kier alpha value is -1.82. The molecule has 6 heteroatoms. The summed E-state index contributed by atoms with van der Waals surface area (Å²) in [6.07, 6.45) is 2.89. The van der Waals surface area contributed by atoms with E-state index < -0.39 is 0 Å². The molecule has 1 saturated heterocycles. The van der Waals surface area contributed by atoms with E-state index in [4.69, 9.17) is 4.74 Å². The summed E-state index contributed by atoms with van der Waals surface area (Å²) in [5, 5.41) is 6.82. The molecule has 5 nitrogen and oxygen atoms in total. The Labute approximate surface area is 157 Å². The van der Waals surface area contributed by atoms with Gasteiger partial charge in [0.1, 0.15) is 6.10 Å². The summed E-state index contributed by atoms with van der Waals surface area (Å²) in [7, 11) is 1.78. The van der Waals surface area contributed by atoms with Crippen molar-refractivity contribution in [3.05, 3.63) is 30.1 Å². The zero-order chi connectivity index (χ0) is 18.9. The van der Waals surface area contributed by atoms with Crippen molar-refractivity contribution in [2.45, 2.75) is 58.2 Å². The van der Waals surface area contributed by atoms with Gasteiger partial charge < -0.3 is 20.3 Å². The minimum absolute atomic E-state index is 0.117. The fourth-order valence-corrected chi connectivity index (χ4v) is 3.15. The van der Waals surface area contributed by atoms with E-state index in [1.807, 2.05) is 6.92 Å². The van der Waals surface area contributed by atoms with E-state index in [-0.39, 0.29) is 11.9 Å². The maximum Gasteiger partial charge on any atom is 0.191 e. The van der Waals surface area contributed by atoms with E-state index in [9.17, 15) is 4.39 Å². The van der Waals surface area contributed by atoms with Gasteiger partial charge in [-0.05, 0) is 45.2 Å². The molecule has 0 bridgehead atoms. The number of hydrogen-bond acceptors (Lipinski definition) is 3. The largest absolute Gasteiger partial charge is 0.486 e. The first kappa shape index (κ1) is 20.5. The van der Waals surface area contributed by atoms with E-state index in [1.165, 1.54) is 6.07 Å². The van der Waals surface area contributed by atoms with Crippen LogP contribution in [0.15, 0.2) is 29.3 Å². The Morgan fingerprint density at radius 3 is 2.58 bits per heavy atom. The molecule has 0 radical (unpaired) electrons. The average molecular weight is 365 g/mol. The minimum atomic E-state index is -0.328. The van der Waals surface area contributed by atoms with Gasteiger partial charge in [0.15, 0.2) is 17.5 Å². The van der Waals surface area contributed by atoms with Gasteiger partial charge in [-0.25, -0.2) is 4.39 Å². The molecule has 1 heterocycles. The normalized spacial score (nSPS) is 18.0. The number of ether oxygens (including phenoxy) is 1. The van der Waals surface area contributed by atoms with Crippen LogP contribution in [0.3, 0.4) is 0 Å². The van der Waals surface area contributed by atoms with Crippen LogP contribution in [-0.4, -0.2) is 55.7 Å². The van der Waals surface area contributed by atoms with Gasteiger partial charge in [-0.15, -0.1) is 0 Å². The van der Waals surface area contributed by atoms with Crippen LogP contribution in [0, 0.1) is 5.82 Å². The molecule has 1 aliphatic heterocycles. The fourth-order valence-electron chi connectivity index (χ4n) is 3.15. The lowest BCUT2D eigenvalue weighted by Gasteiger charge is -2.35. The number of hydrogen-bond donors (Lipinski definition) is 2. The molecule has 1 fully saturated rings. The number of para-hydroxylation sites is 1. The summed E-state index contributed by atoms with van der Waals surface area (Å²) >= 11 is 0. The van der Waals surface area contributed by atoms with Crippen LogP contribution in [0.1, 0.15) is 40.0 Å². The molecule has 0 aromatic heterocycles. The summed E-state index contributed by atoms with van der Waals surface area (Å²) in [4.78, 5) is 6.82. The number of nitrogens with zero attached hydrogens (tertiary/aromatic N) is 2. The molecular formula is C20H33FN4O. The molecule has 1 atom stereocenters. The summed E-state index contributed by atoms with van der Waals surface area (Å²) in [6, 6.07) is 7.56. The fraction of sp³-hybridized carbons (Fsp3) is 0.650. The van der Waals surface area contributed by atoms with Crippen LogP contribution in [0.5, 0.6) is 5.75 Å². The van der Waals surface area contributed by atoms with Crippen molar-refractivity contribution in [1.82, 2.24) is 15.5 Å². The minimum Gasteiger partial charge on any atom is -0.486 e. The standard InChI is InChI=1S/C20H33FN4O/c1-5-17(26-19-9-7-6-8-18(19)21)14-23-20(22-4)24-16-10-12-25(13-11-16)15(2)3/h6-9,15-17H,5,10-14H2,1-4H3,(H2,22,23,24). The molecule has 2 rings (SSSR count). The zero-order valence-corrected chi connectivity index (χ0v) is 16.5. The smallest absolute Gasteiger partial charge is 0.191 e. The lowest BCUT2D eigenvalue weighted by atomic mass is 10.0. The predicted octanol–water partition coefficient (Wildman–Crippen LogP) is 3.02. The lowest BCUT2D eigenvalue weighted by Crippen LogP contribution is -2.51. The molecule has 0 amide bonds. The van der Waals surface area contributed by atoms with Crippen molar-refractivity contribution in [2.24, 2.45) is 4.99 Å². The third-order valence-electron chi connectivity index (χ3n) is 4.91. The van der Waals surface area contributed by atoms with Gasteiger partial charge in [0.25, 0.3) is 0 Å². The van der Waals surface area contributed by atoms with Gasteiger partial charge in [-0.3, -0.25) is 4.99 Å². The molecule has 1 aromatic rings. The molecule has 0 spiro atoms. The van der Waals surface area contributed by atoms with E-state index in [1.54, 1.807) is 25.2 Å². The van der Waals surface area contributed by atoms with Crippen molar-refractivity contribution < 1.29 is 9.13 Å². The Balaban J connectivity index is 1.79. The number of halogens is 1. The number of nitrogens with one attached hydrogen (secondary N) is 2. The highest BCUT2D eigenvalue weighted by Gasteiger charge is 2.21. The number of likely N-dealkylation sites (tertiary alicyclic amines) is 1. The van der Waals surface area contributed by atoms with Crippen molar-refractivity contribution >= 4 is 5.96 Å². The quantitative estimate of drug-likeness (QED) is 0.577. The van der Waals surface area contributed by atoms with Crippen molar-refractivity contribution in [2.75, 3.05) is 26.7 Å². The Morgan fingerprint density at radius 2 is 2.00 bits per heavy atom. The summed E-state index contributed by atoms with van der Waals surface area (Å²) in [5.41, 5.74) is 0. The van der Waals surface area contributed by atoms with Gasteiger partial charge in [0.2, 0.25) is 0 Å².